The molecule has 2 aromatic heterocycles. The molecule has 4 rings (SSSR count). The Bertz CT molecular complexity index is 1140. The molecular formula is C21H15Cl2FN2O. The van der Waals surface area contributed by atoms with Gasteiger partial charge in [-0.05, 0) is 47.0 Å². The predicted molar refractivity (Wildman–Crippen MR) is 107 cm³/mol. The first-order valence-electron chi connectivity index (χ1n) is 8.35. The SMILES string of the molecule is CC(c1c(Cl)ccc(F)c1Cl)c1c[nH]c2ncc(-c3ccc(O)cc3)cc12. The number of rotatable bonds is 3. The van der Waals surface area contributed by atoms with Crippen LogP contribution < -0.4 is 0 Å². The van der Waals surface area contributed by atoms with Gasteiger partial charge in [-0.1, -0.05) is 42.3 Å². The van der Waals surface area contributed by atoms with Gasteiger partial charge in [0.2, 0.25) is 0 Å². The van der Waals surface area contributed by atoms with Crippen LogP contribution in [0.3, 0.4) is 0 Å². The summed E-state index contributed by atoms with van der Waals surface area (Å²) in [6.45, 7) is 1.93. The molecule has 0 amide bonds. The standard InChI is InChI=1S/C21H15Cl2FN2O/c1-11(19-17(22)6-7-18(24)20(19)23)16-10-26-21-15(16)8-13(9-25-21)12-2-4-14(27)5-3-12/h2-11,27H,1H3,(H,25,26). The fraction of sp³-hybridized carbons (Fsp3) is 0.0952. The van der Waals surface area contributed by atoms with E-state index in [1.54, 1.807) is 18.3 Å². The number of H-pyrrole nitrogens is 1. The highest BCUT2D eigenvalue weighted by molar-refractivity contribution is 6.36. The van der Waals surface area contributed by atoms with Crippen molar-refractivity contribution < 1.29 is 9.50 Å². The van der Waals surface area contributed by atoms with E-state index in [1.165, 1.54) is 12.1 Å². The first-order valence-corrected chi connectivity index (χ1v) is 9.11. The van der Waals surface area contributed by atoms with Gasteiger partial charge in [-0.25, -0.2) is 9.37 Å². The second kappa shape index (κ2) is 6.87. The first-order chi connectivity index (χ1) is 13.0. The summed E-state index contributed by atoms with van der Waals surface area (Å²) < 4.78 is 14.0. The number of nitrogens with one attached hydrogen (secondary N) is 1. The number of nitrogens with zero attached hydrogens (tertiary/aromatic N) is 1. The molecule has 2 heterocycles. The number of hydrogen-bond acceptors (Lipinski definition) is 2. The normalized spacial score (nSPS) is 12.4. The van der Waals surface area contributed by atoms with E-state index in [1.807, 2.05) is 31.3 Å². The van der Waals surface area contributed by atoms with Gasteiger partial charge in [-0.2, -0.15) is 0 Å². The van der Waals surface area contributed by atoms with Crippen LogP contribution >= 0.6 is 23.2 Å². The third-order valence-electron chi connectivity index (χ3n) is 4.74. The average Bonchev–Trinajstić information content (AvgIpc) is 3.09. The molecule has 6 heteroatoms. The van der Waals surface area contributed by atoms with Crippen molar-refractivity contribution in [2.24, 2.45) is 0 Å². The Hall–Kier alpha value is -2.56. The molecular weight excluding hydrogens is 386 g/mol. The Labute approximate surface area is 165 Å². The second-order valence-electron chi connectivity index (χ2n) is 6.39. The fourth-order valence-electron chi connectivity index (χ4n) is 3.29. The summed E-state index contributed by atoms with van der Waals surface area (Å²) in [5.74, 6) is -0.517. The molecule has 1 atom stereocenters. The zero-order valence-corrected chi connectivity index (χ0v) is 15.8. The van der Waals surface area contributed by atoms with Gasteiger partial charge in [0.25, 0.3) is 0 Å². The number of aromatic amines is 1. The van der Waals surface area contributed by atoms with Gasteiger partial charge in [0.1, 0.15) is 17.2 Å². The summed E-state index contributed by atoms with van der Waals surface area (Å²) in [5, 5.41) is 10.8. The van der Waals surface area contributed by atoms with Crippen LogP contribution in [0, 0.1) is 5.82 Å². The molecule has 4 aromatic rings. The Balaban J connectivity index is 1.84. The lowest BCUT2D eigenvalue weighted by Gasteiger charge is -2.15. The maximum absolute atomic E-state index is 14.0. The van der Waals surface area contributed by atoms with Crippen molar-refractivity contribution in [2.75, 3.05) is 0 Å². The summed E-state index contributed by atoms with van der Waals surface area (Å²) in [6, 6.07) is 11.7. The van der Waals surface area contributed by atoms with Crippen molar-refractivity contribution in [3.05, 3.63) is 81.8 Å². The number of phenols is 1. The number of pyridine rings is 1. The molecule has 2 aromatic carbocycles. The van der Waals surface area contributed by atoms with E-state index in [0.29, 0.717) is 10.6 Å². The van der Waals surface area contributed by atoms with E-state index in [4.69, 9.17) is 23.2 Å². The monoisotopic (exact) mass is 400 g/mol. The van der Waals surface area contributed by atoms with Crippen LogP contribution in [0.4, 0.5) is 4.39 Å². The Morgan fingerprint density at radius 1 is 1.07 bits per heavy atom. The molecule has 0 saturated carbocycles. The highest BCUT2D eigenvalue weighted by atomic mass is 35.5. The van der Waals surface area contributed by atoms with Crippen LogP contribution in [0.5, 0.6) is 5.75 Å². The van der Waals surface area contributed by atoms with Crippen LogP contribution in [0.15, 0.2) is 54.9 Å². The summed E-state index contributed by atoms with van der Waals surface area (Å²) >= 11 is 12.5. The highest BCUT2D eigenvalue weighted by Gasteiger charge is 2.21. The molecule has 0 aliphatic rings. The van der Waals surface area contributed by atoms with E-state index in [0.717, 1.165) is 27.7 Å². The molecule has 3 nitrogen and oxygen atoms in total. The van der Waals surface area contributed by atoms with E-state index in [2.05, 4.69) is 9.97 Å². The van der Waals surface area contributed by atoms with Crippen LogP contribution in [-0.4, -0.2) is 15.1 Å². The highest BCUT2D eigenvalue weighted by Crippen LogP contribution is 2.39. The molecule has 2 N–H and O–H groups in total. The number of benzene rings is 2. The lowest BCUT2D eigenvalue weighted by atomic mass is 9.92. The number of fused-ring (bicyclic) bond motifs is 1. The lowest BCUT2D eigenvalue weighted by molar-refractivity contribution is 0.475. The van der Waals surface area contributed by atoms with Gasteiger partial charge in [0.05, 0.1) is 5.02 Å². The number of aromatic hydroxyl groups is 1. The van der Waals surface area contributed by atoms with E-state index >= 15 is 0 Å². The topological polar surface area (TPSA) is 48.9 Å². The van der Waals surface area contributed by atoms with Gasteiger partial charge in [0, 0.05) is 34.3 Å². The maximum Gasteiger partial charge on any atom is 0.142 e. The van der Waals surface area contributed by atoms with Crippen LogP contribution in [-0.2, 0) is 0 Å². The van der Waals surface area contributed by atoms with Crippen LogP contribution in [0.25, 0.3) is 22.2 Å². The predicted octanol–water partition coefficient (Wildman–Crippen LogP) is 6.53. The van der Waals surface area contributed by atoms with Crippen molar-refractivity contribution >= 4 is 34.2 Å². The third kappa shape index (κ3) is 3.15. The summed E-state index contributed by atoms with van der Waals surface area (Å²) in [7, 11) is 0. The van der Waals surface area contributed by atoms with E-state index in [-0.39, 0.29) is 16.7 Å². The quantitative estimate of drug-likeness (QED) is 0.383. The van der Waals surface area contributed by atoms with Gasteiger partial charge in [-0.3, -0.25) is 0 Å². The smallest absolute Gasteiger partial charge is 0.142 e. The lowest BCUT2D eigenvalue weighted by Crippen LogP contribution is -1.99. The number of aromatic nitrogens is 2. The minimum Gasteiger partial charge on any atom is -0.508 e. The first kappa shape index (κ1) is 17.8. The minimum atomic E-state index is -0.495. The van der Waals surface area contributed by atoms with Gasteiger partial charge < -0.3 is 10.1 Å². The maximum atomic E-state index is 14.0. The molecule has 27 heavy (non-hydrogen) atoms. The third-order valence-corrected chi connectivity index (χ3v) is 5.46. The number of hydrogen-bond donors (Lipinski definition) is 2. The molecule has 0 spiro atoms. The van der Waals surface area contributed by atoms with E-state index in [9.17, 15) is 9.50 Å². The average molecular weight is 401 g/mol. The molecule has 0 aliphatic heterocycles. The zero-order chi connectivity index (χ0) is 19.1. The molecule has 0 aliphatic carbocycles. The van der Waals surface area contributed by atoms with Gasteiger partial charge in [-0.15, -0.1) is 0 Å². The fourth-order valence-corrected chi connectivity index (χ4v) is 3.99. The zero-order valence-electron chi connectivity index (χ0n) is 14.3. The molecule has 0 bridgehead atoms. The minimum absolute atomic E-state index is 0.0343. The van der Waals surface area contributed by atoms with Gasteiger partial charge >= 0.3 is 0 Å². The summed E-state index contributed by atoms with van der Waals surface area (Å²) in [5.41, 5.74) is 4.04. The Kier molecular flexibility index (Phi) is 4.54. The molecule has 136 valence electrons. The molecule has 1 unspecified atom stereocenters. The van der Waals surface area contributed by atoms with Crippen molar-refractivity contribution in [1.82, 2.24) is 9.97 Å². The Morgan fingerprint density at radius 2 is 1.81 bits per heavy atom. The molecule has 0 fully saturated rings. The molecule has 0 saturated heterocycles. The van der Waals surface area contributed by atoms with Gasteiger partial charge in [0.15, 0.2) is 0 Å². The van der Waals surface area contributed by atoms with Crippen molar-refractivity contribution in [3.63, 3.8) is 0 Å². The van der Waals surface area contributed by atoms with Crippen LogP contribution in [0.1, 0.15) is 24.0 Å². The molecule has 0 radical (unpaired) electrons. The Morgan fingerprint density at radius 3 is 2.56 bits per heavy atom. The van der Waals surface area contributed by atoms with E-state index < -0.39 is 5.82 Å². The van der Waals surface area contributed by atoms with Crippen molar-refractivity contribution in [1.29, 1.82) is 0 Å². The largest absolute Gasteiger partial charge is 0.508 e. The van der Waals surface area contributed by atoms with Crippen LogP contribution in [0.2, 0.25) is 10.0 Å². The van der Waals surface area contributed by atoms with Crippen molar-refractivity contribution in [3.8, 4) is 16.9 Å². The number of phenolic OH excluding ortho intramolecular Hbond substituents is 1. The summed E-state index contributed by atoms with van der Waals surface area (Å²) in [4.78, 5) is 7.63. The second-order valence-corrected chi connectivity index (χ2v) is 7.17. The summed E-state index contributed by atoms with van der Waals surface area (Å²) in [6.07, 6.45) is 3.61. The van der Waals surface area contributed by atoms with Crippen molar-refractivity contribution in [2.45, 2.75) is 12.8 Å². The number of halogens is 3.